The lowest BCUT2D eigenvalue weighted by Crippen LogP contribution is -2.58. The van der Waals surface area contributed by atoms with Crippen LogP contribution in [0.4, 0.5) is 0 Å². The van der Waals surface area contributed by atoms with Crippen molar-refractivity contribution in [3.8, 4) is 0 Å². The lowest BCUT2D eigenvalue weighted by atomic mass is 9.82. The molecule has 0 amide bonds. The van der Waals surface area contributed by atoms with Gasteiger partial charge in [0.15, 0.2) is 0 Å². The van der Waals surface area contributed by atoms with Crippen LogP contribution in [0.25, 0.3) is 0 Å². The first kappa shape index (κ1) is 17.9. The van der Waals surface area contributed by atoms with Gasteiger partial charge in [0, 0.05) is 25.2 Å². The van der Waals surface area contributed by atoms with E-state index in [0.717, 1.165) is 32.0 Å². The van der Waals surface area contributed by atoms with Gasteiger partial charge in [0.05, 0.1) is 6.61 Å². The Morgan fingerprint density at radius 2 is 1.83 bits per heavy atom. The minimum atomic E-state index is 0.127. The van der Waals surface area contributed by atoms with Crippen molar-refractivity contribution < 1.29 is 4.74 Å². The monoisotopic (exact) mass is 258 g/mol. The molecule has 0 aromatic heterocycles. The van der Waals surface area contributed by atoms with Crippen molar-refractivity contribution in [1.29, 1.82) is 0 Å². The van der Waals surface area contributed by atoms with Gasteiger partial charge in [-0.25, -0.2) is 0 Å². The van der Waals surface area contributed by atoms with Gasteiger partial charge >= 0.3 is 0 Å². The molecule has 110 valence electrons. The molecule has 2 N–H and O–H groups in total. The summed E-state index contributed by atoms with van der Waals surface area (Å²) in [6.07, 6.45) is 3.51. The Morgan fingerprint density at radius 1 is 1.22 bits per heavy atom. The van der Waals surface area contributed by atoms with Crippen LogP contribution in [0.5, 0.6) is 0 Å². The summed E-state index contributed by atoms with van der Waals surface area (Å²) in [6, 6.07) is 0.424. The van der Waals surface area contributed by atoms with Crippen LogP contribution in [0, 0.1) is 5.92 Å². The van der Waals surface area contributed by atoms with Crippen molar-refractivity contribution in [2.45, 2.75) is 65.5 Å². The van der Waals surface area contributed by atoms with Crippen LogP contribution >= 0.6 is 0 Å². The molecule has 0 bridgehead atoms. The number of nitrogens with two attached hydrogens (primary N) is 1. The van der Waals surface area contributed by atoms with Crippen LogP contribution in [0.2, 0.25) is 0 Å². The molecule has 0 aliphatic rings. The quantitative estimate of drug-likeness (QED) is 0.655. The largest absolute Gasteiger partial charge is 0.383 e. The summed E-state index contributed by atoms with van der Waals surface area (Å²) in [5.74, 6) is 0.720. The van der Waals surface area contributed by atoms with Crippen molar-refractivity contribution in [2.75, 3.05) is 26.8 Å². The Labute approximate surface area is 114 Å². The first-order valence-electron chi connectivity index (χ1n) is 7.46. The first-order valence-corrected chi connectivity index (χ1v) is 7.46. The maximum Gasteiger partial charge on any atom is 0.0615 e. The van der Waals surface area contributed by atoms with E-state index in [1.807, 2.05) is 0 Å². The van der Waals surface area contributed by atoms with Crippen LogP contribution in [-0.4, -0.2) is 43.3 Å². The fraction of sp³-hybridized carbons (Fsp3) is 1.00. The van der Waals surface area contributed by atoms with E-state index in [2.05, 4.69) is 39.5 Å². The van der Waals surface area contributed by atoms with Crippen molar-refractivity contribution in [3.05, 3.63) is 0 Å². The van der Waals surface area contributed by atoms with Crippen LogP contribution in [-0.2, 0) is 4.74 Å². The molecule has 0 saturated carbocycles. The van der Waals surface area contributed by atoms with Crippen molar-refractivity contribution in [1.82, 2.24) is 4.90 Å². The molecule has 0 heterocycles. The van der Waals surface area contributed by atoms with E-state index < -0.39 is 0 Å². The second-order valence-corrected chi connectivity index (χ2v) is 5.59. The molecule has 0 radical (unpaired) electrons. The van der Waals surface area contributed by atoms with E-state index in [1.165, 1.54) is 12.8 Å². The summed E-state index contributed by atoms with van der Waals surface area (Å²) in [4.78, 5) is 2.54. The molecule has 0 aliphatic heterocycles. The standard InChI is InChI=1S/C15H34N2O/c1-7-13(4)10-15(8-2,12-16)17(9-3)14(5)11-18-6/h13-14H,7-12,16H2,1-6H3. The molecule has 18 heavy (non-hydrogen) atoms. The molecule has 3 atom stereocenters. The van der Waals surface area contributed by atoms with E-state index in [1.54, 1.807) is 7.11 Å². The first-order chi connectivity index (χ1) is 8.51. The molecular formula is C15H34N2O. The molecule has 0 aliphatic carbocycles. The Morgan fingerprint density at radius 3 is 2.17 bits per heavy atom. The smallest absolute Gasteiger partial charge is 0.0615 e. The maximum atomic E-state index is 6.15. The third kappa shape index (κ3) is 4.52. The lowest BCUT2D eigenvalue weighted by Gasteiger charge is -2.47. The Hall–Kier alpha value is -0.120. The third-order valence-electron chi connectivity index (χ3n) is 4.35. The number of likely N-dealkylation sites (N-methyl/N-ethyl adjacent to an activating group) is 1. The second-order valence-electron chi connectivity index (χ2n) is 5.59. The van der Waals surface area contributed by atoms with Gasteiger partial charge in [0.1, 0.15) is 0 Å². The summed E-state index contributed by atoms with van der Waals surface area (Å²) >= 11 is 0. The Kier molecular flexibility index (Phi) is 8.83. The zero-order valence-electron chi connectivity index (χ0n) is 13.3. The summed E-state index contributed by atoms with van der Waals surface area (Å²) in [5, 5.41) is 0. The number of methoxy groups -OCH3 is 1. The fourth-order valence-electron chi connectivity index (χ4n) is 3.05. The lowest BCUT2D eigenvalue weighted by molar-refractivity contribution is 0.00450. The summed E-state index contributed by atoms with van der Waals surface area (Å²) in [7, 11) is 1.77. The van der Waals surface area contributed by atoms with Gasteiger partial charge in [-0.1, -0.05) is 34.1 Å². The van der Waals surface area contributed by atoms with Gasteiger partial charge in [-0.2, -0.15) is 0 Å². The average molecular weight is 258 g/mol. The van der Waals surface area contributed by atoms with Gasteiger partial charge in [0.25, 0.3) is 0 Å². The van der Waals surface area contributed by atoms with E-state index in [4.69, 9.17) is 10.5 Å². The van der Waals surface area contributed by atoms with E-state index >= 15 is 0 Å². The summed E-state index contributed by atoms with van der Waals surface area (Å²) < 4.78 is 5.32. The van der Waals surface area contributed by atoms with E-state index in [9.17, 15) is 0 Å². The molecule has 0 aromatic rings. The predicted molar refractivity (Wildman–Crippen MR) is 79.9 cm³/mol. The van der Waals surface area contributed by atoms with Gasteiger partial charge < -0.3 is 10.5 Å². The van der Waals surface area contributed by atoms with Crippen LogP contribution < -0.4 is 5.73 Å². The number of hydrogen-bond donors (Lipinski definition) is 1. The molecule has 0 fully saturated rings. The topological polar surface area (TPSA) is 38.5 Å². The Balaban J connectivity index is 5.00. The number of hydrogen-bond acceptors (Lipinski definition) is 3. The maximum absolute atomic E-state index is 6.15. The predicted octanol–water partition coefficient (Wildman–Crippen LogP) is 2.89. The Bertz CT molecular complexity index is 205. The van der Waals surface area contributed by atoms with Crippen molar-refractivity contribution >= 4 is 0 Å². The highest BCUT2D eigenvalue weighted by atomic mass is 16.5. The number of ether oxygens (including phenoxy) is 1. The number of rotatable bonds is 10. The fourth-order valence-corrected chi connectivity index (χ4v) is 3.05. The molecule has 0 rings (SSSR count). The summed E-state index contributed by atoms with van der Waals surface area (Å²) in [5.41, 5.74) is 6.28. The zero-order chi connectivity index (χ0) is 14.2. The van der Waals surface area contributed by atoms with Crippen LogP contribution in [0.3, 0.4) is 0 Å². The average Bonchev–Trinajstić information content (AvgIpc) is 2.38. The van der Waals surface area contributed by atoms with Crippen LogP contribution in [0.15, 0.2) is 0 Å². The van der Waals surface area contributed by atoms with Crippen molar-refractivity contribution in [3.63, 3.8) is 0 Å². The normalized spacial score (nSPS) is 18.7. The molecule has 3 heteroatoms. The molecule has 3 nitrogen and oxygen atoms in total. The zero-order valence-corrected chi connectivity index (χ0v) is 13.3. The molecule has 0 aromatic carbocycles. The van der Waals surface area contributed by atoms with Gasteiger partial charge in [0.2, 0.25) is 0 Å². The minimum Gasteiger partial charge on any atom is -0.383 e. The third-order valence-corrected chi connectivity index (χ3v) is 4.35. The van der Waals surface area contributed by atoms with Crippen molar-refractivity contribution in [2.24, 2.45) is 11.7 Å². The van der Waals surface area contributed by atoms with Gasteiger partial charge in [-0.15, -0.1) is 0 Å². The second kappa shape index (κ2) is 8.89. The van der Waals surface area contributed by atoms with Gasteiger partial charge in [-0.05, 0) is 32.2 Å². The SMILES string of the molecule is CCC(C)CC(CC)(CN)N(CC)C(C)COC. The number of nitrogens with zero attached hydrogens (tertiary/aromatic N) is 1. The molecule has 0 saturated heterocycles. The molecule has 3 unspecified atom stereocenters. The highest BCUT2D eigenvalue weighted by Gasteiger charge is 2.36. The summed E-state index contributed by atoms with van der Waals surface area (Å²) in [6.45, 7) is 13.9. The van der Waals surface area contributed by atoms with E-state index in [-0.39, 0.29) is 5.54 Å². The molecular weight excluding hydrogens is 224 g/mol. The highest BCUT2D eigenvalue weighted by Crippen LogP contribution is 2.30. The minimum absolute atomic E-state index is 0.127. The molecule has 0 spiro atoms. The van der Waals surface area contributed by atoms with E-state index in [0.29, 0.717) is 6.04 Å². The highest BCUT2D eigenvalue weighted by molar-refractivity contribution is 4.93. The van der Waals surface area contributed by atoms with Crippen LogP contribution in [0.1, 0.15) is 53.9 Å². The van der Waals surface area contributed by atoms with Gasteiger partial charge in [-0.3, -0.25) is 4.90 Å².